The van der Waals surface area contributed by atoms with Gasteiger partial charge in [0.15, 0.2) is 16.3 Å². The first-order valence-electron chi connectivity index (χ1n) is 9.08. The molecule has 0 amide bonds. The summed E-state index contributed by atoms with van der Waals surface area (Å²) in [6.07, 6.45) is -2.31. The minimum atomic E-state index is -2.88. The summed E-state index contributed by atoms with van der Waals surface area (Å²) in [6, 6.07) is 6.19. The second-order valence-corrected chi connectivity index (χ2v) is 6.81. The van der Waals surface area contributed by atoms with Gasteiger partial charge in [0.1, 0.15) is 5.65 Å². The summed E-state index contributed by atoms with van der Waals surface area (Å²) in [7, 11) is 4.54. The fourth-order valence-electron chi connectivity index (χ4n) is 3.19. The fraction of sp³-hybridized carbons (Fsp3) is 0.350. The normalized spacial score (nSPS) is 11.3. The SMILES string of the molecule is COCCCn1c(=S)[nH]c(=O)c2c(C(F)F)cc(-c3ccc(OC)c(OC)c3)nc21. The smallest absolute Gasteiger partial charge is 0.264 e. The molecule has 160 valence electrons. The van der Waals surface area contributed by atoms with Crippen LogP contribution < -0.4 is 15.0 Å². The number of ether oxygens (including phenoxy) is 3. The molecule has 3 rings (SSSR count). The average molecular weight is 437 g/mol. The Morgan fingerprint density at radius 1 is 1.17 bits per heavy atom. The lowest BCUT2D eigenvalue weighted by molar-refractivity contribution is 0.153. The molecule has 2 heterocycles. The van der Waals surface area contributed by atoms with Crippen LogP contribution in [0.25, 0.3) is 22.3 Å². The highest BCUT2D eigenvalue weighted by atomic mass is 32.1. The van der Waals surface area contributed by atoms with Crippen LogP contribution in [0.3, 0.4) is 0 Å². The summed E-state index contributed by atoms with van der Waals surface area (Å²) in [5.41, 5.74) is -0.214. The van der Waals surface area contributed by atoms with Crippen molar-refractivity contribution in [3.8, 4) is 22.8 Å². The molecular weight excluding hydrogens is 416 g/mol. The van der Waals surface area contributed by atoms with Gasteiger partial charge in [-0.25, -0.2) is 13.8 Å². The number of hydrogen-bond acceptors (Lipinski definition) is 6. The molecule has 0 aliphatic carbocycles. The van der Waals surface area contributed by atoms with Crippen molar-refractivity contribution >= 4 is 23.3 Å². The quantitative estimate of drug-likeness (QED) is 0.422. The van der Waals surface area contributed by atoms with Crippen LogP contribution in [-0.4, -0.2) is 42.5 Å². The molecule has 2 aromatic heterocycles. The summed E-state index contributed by atoms with van der Waals surface area (Å²) < 4.78 is 45.0. The van der Waals surface area contributed by atoms with Gasteiger partial charge in [0.25, 0.3) is 12.0 Å². The van der Waals surface area contributed by atoms with E-state index in [1.54, 1.807) is 29.9 Å². The van der Waals surface area contributed by atoms with Gasteiger partial charge in [-0.1, -0.05) is 0 Å². The lowest BCUT2D eigenvalue weighted by atomic mass is 10.1. The Labute approximate surface area is 176 Å². The van der Waals surface area contributed by atoms with Gasteiger partial charge in [0.05, 0.1) is 25.3 Å². The number of aromatic amines is 1. The Morgan fingerprint density at radius 3 is 2.53 bits per heavy atom. The van der Waals surface area contributed by atoms with Crippen LogP contribution in [0, 0.1) is 4.77 Å². The number of alkyl halides is 2. The van der Waals surface area contributed by atoms with Crippen LogP contribution in [0.4, 0.5) is 8.78 Å². The first kappa shape index (κ1) is 21.8. The number of aryl methyl sites for hydroxylation is 1. The van der Waals surface area contributed by atoms with E-state index in [0.29, 0.717) is 36.6 Å². The molecule has 0 spiro atoms. The van der Waals surface area contributed by atoms with Crippen molar-refractivity contribution in [3.63, 3.8) is 0 Å². The van der Waals surface area contributed by atoms with E-state index in [1.165, 1.54) is 20.3 Å². The van der Waals surface area contributed by atoms with Crippen LogP contribution in [0.15, 0.2) is 29.1 Å². The number of nitrogens with zero attached hydrogens (tertiary/aromatic N) is 2. The van der Waals surface area contributed by atoms with E-state index in [1.807, 2.05) is 0 Å². The largest absolute Gasteiger partial charge is 0.493 e. The van der Waals surface area contributed by atoms with E-state index in [2.05, 4.69) is 9.97 Å². The Balaban J connectivity index is 2.30. The predicted molar refractivity (Wildman–Crippen MR) is 111 cm³/mol. The number of fused-ring (bicyclic) bond motifs is 1. The Hall–Kier alpha value is -2.85. The van der Waals surface area contributed by atoms with E-state index in [0.717, 1.165) is 0 Å². The molecule has 1 N–H and O–H groups in total. The van der Waals surface area contributed by atoms with Gasteiger partial charge in [0.2, 0.25) is 0 Å². The minimum absolute atomic E-state index is 0.0995. The Morgan fingerprint density at radius 2 is 1.90 bits per heavy atom. The Kier molecular flexibility index (Phi) is 6.78. The zero-order valence-corrected chi connectivity index (χ0v) is 17.5. The maximum atomic E-state index is 13.9. The minimum Gasteiger partial charge on any atom is -0.493 e. The summed E-state index contributed by atoms with van der Waals surface area (Å²) in [6.45, 7) is 0.796. The zero-order valence-electron chi connectivity index (χ0n) is 16.7. The molecule has 7 nitrogen and oxygen atoms in total. The molecule has 0 radical (unpaired) electrons. The lowest BCUT2D eigenvalue weighted by Crippen LogP contribution is -2.18. The molecule has 30 heavy (non-hydrogen) atoms. The van der Waals surface area contributed by atoms with Crippen molar-refractivity contribution in [3.05, 3.63) is 45.0 Å². The fourth-order valence-corrected chi connectivity index (χ4v) is 3.46. The summed E-state index contributed by atoms with van der Waals surface area (Å²) >= 11 is 5.26. The van der Waals surface area contributed by atoms with E-state index in [-0.39, 0.29) is 21.5 Å². The highest BCUT2D eigenvalue weighted by Crippen LogP contribution is 2.34. The van der Waals surface area contributed by atoms with Gasteiger partial charge in [-0.3, -0.25) is 9.78 Å². The third kappa shape index (κ3) is 4.19. The maximum absolute atomic E-state index is 13.9. The highest BCUT2D eigenvalue weighted by molar-refractivity contribution is 7.71. The molecule has 3 aromatic rings. The van der Waals surface area contributed by atoms with Gasteiger partial charge < -0.3 is 18.8 Å². The van der Waals surface area contributed by atoms with Gasteiger partial charge in [0, 0.05) is 31.4 Å². The average Bonchev–Trinajstić information content (AvgIpc) is 2.74. The summed E-state index contributed by atoms with van der Waals surface area (Å²) in [5.74, 6) is 0.924. The second-order valence-electron chi connectivity index (χ2n) is 6.42. The van der Waals surface area contributed by atoms with E-state index in [9.17, 15) is 13.6 Å². The second kappa shape index (κ2) is 9.31. The van der Waals surface area contributed by atoms with Crippen LogP contribution in [-0.2, 0) is 11.3 Å². The molecule has 0 aliphatic heterocycles. The molecule has 1 aromatic carbocycles. The zero-order chi connectivity index (χ0) is 21.8. The predicted octanol–water partition coefficient (Wildman–Crippen LogP) is 4.11. The molecule has 0 unspecified atom stereocenters. The van der Waals surface area contributed by atoms with Gasteiger partial charge >= 0.3 is 0 Å². The van der Waals surface area contributed by atoms with Crippen LogP contribution >= 0.6 is 12.2 Å². The summed E-state index contributed by atoms with van der Waals surface area (Å²) in [4.78, 5) is 19.5. The third-order valence-corrected chi connectivity index (χ3v) is 4.95. The topological polar surface area (TPSA) is 78.4 Å². The Bertz CT molecular complexity index is 1180. The van der Waals surface area contributed by atoms with Crippen LogP contribution in [0.5, 0.6) is 11.5 Å². The number of rotatable bonds is 8. The molecular formula is C20H21F2N3O4S. The van der Waals surface area contributed by atoms with E-state index < -0.39 is 17.5 Å². The first-order chi connectivity index (χ1) is 14.4. The number of halogens is 2. The lowest BCUT2D eigenvalue weighted by Gasteiger charge is -2.15. The standard InChI is InChI=1S/C20H21F2N3O4S/c1-27-8-4-7-25-18-16(19(26)24-20(25)30)12(17(21)22)10-13(23-18)11-5-6-14(28-2)15(9-11)29-3/h5-6,9-10,17H,4,7-8H2,1-3H3,(H,24,26,30). The van der Waals surface area contributed by atoms with Crippen LogP contribution in [0.1, 0.15) is 18.4 Å². The van der Waals surface area contributed by atoms with Crippen molar-refractivity contribution in [2.24, 2.45) is 0 Å². The third-order valence-electron chi connectivity index (χ3n) is 4.62. The molecule has 0 atom stereocenters. The molecule has 0 fully saturated rings. The molecule has 0 bridgehead atoms. The van der Waals surface area contributed by atoms with Gasteiger partial charge in [-0.05, 0) is 42.9 Å². The molecule has 0 aliphatic rings. The number of methoxy groups -OCH3 is 3. The summed E-state index contributed by atoms with van der Waals surface area (Å²) in [5, 5.41) is -0.180. The molecule has 10 heteroatoms. The van der Waals surface area contributed by atoms with Gasteiger partial charge in [-0.15, -0.1) is 0 Å². The first-order valence-corrected chi connectivity index (χ1v) is 9.49. The molecule has 0 saturated carbocycles. The van der Waals surface area contributed by atoms with Crippen molar-refractivity contribution in [2.45, 2.75) is 19.4 Å². The molecule has 0 saturated heterocycles. The number of benzene rings is 1. The van der Waals surface area contributed by atoms with Crippen LogP contribution in [0.2, 0.25) is 0 Å². The van der Waals surface area contributed by atoms with E-state index >= 15 is 0 Å². The van der Waals surface area contributed by atoms with Gasteiger partial charge in [-0.2, -0.15) is 0 Å². The van der Waals surface area contributed by atoms with Crippen molar-refractivity contribution in [1.82, 2.24) is 14.5 Å². The number of aromatic nitrogens is 3. The maximum Gasteiger partial charge on any atom is 0.264 e. The number of H-pyrrole nitrogens is 1. The number of nitrogens with one attached hydrogen (secondary N) is 1. The monoisotopic (exact) mass is 437 g/mol. The number of hydrogen-bond donors (Lipinski definition) is 1. The highest BCUT2D eigenvalue weighted by Gasteiger charge is 2.21. The van der Waals surface area contributed by atoms with Crippen molar-refractivity contribution < 1.29 is 23.0 Å². The van der Waals surface area contributed by atoms with E-state index in [4.69, 9.17) is 26.4 Å². The number of pyridine rings is 1. The van der Waals surface area contributed by atoms with Crippen molar-refractivity contribution in [2.75, 3.05) is 27.9 Å². The van der Waals surface area contributed by atoms with Crippen molar-refractivity contribution in [1.29, 1.82) is 0 Å².